The SMILES string of the molecule is COc1ccc(Cl)cc1C1(CN[C@H](C)[C@H](C)OC)CCOCC1. The minimum absolute atomic E-state index is 0.0315. The van der Waals surface area contributed by atoms with E-state index in [9.17, 15) is 0 Å². The maximum Gasteiger partial charge on any atom is 0.122 e. The smallest absolute Gasteiger partial charge is 0.122 e. The predicted molar refractivity (Wildman–Crippen MR) is 93.7 cm³/mol. The number of hydrogen-bond acceptors (Lipinski definition) is 4. The molecule has 1 aliphatic rings. The van der Waals surface area contributed by atoms with E-state index in [1.165, 1.54) is 5.56 Å². The summed E-state index contributed by atoms with van der Waals surface area (Å²) in [4.78, 5) is 0. The minimum atomic E-state index is -0.0315. The zero-order valence-electron chi connectivity index (χ0n) is 14.5. The third-order valence-electron chi connectivity index (χ3n) is 5.02. The Balaban J connectivity index is 2.27. The van der Waals surface area contributed by atoms with Gasteiger partial charge < -0.3 is 19.5 Å². The Morgan fingerprint density at radius 1 is 1.26 bits per heavy atom. The molecular formula is C18H28ClNO3. The molecule has 23 heavy (non-hydrogen) atoms. The molecule has 1 aromatic rings. The first-order chi connectivity index (χ1) is 11.0. The average Bonchev–Trinajstić information content (AvgIpc) is 2.59. The number of halogens is 1. The molecule has 0 saturated carbocycles. The summed E-state index contributed by atoms with van der Waals surface area (Å²) in [7, 11) is 3.45. The van der Waals surface area contributed by atoms with E-state index in [1.54, 1.807) is 14.2 Å². The van der Waals surface area contributed by atoms with E-state index in [4.69, 9.17) is 25.8 Å². The molecule has 130 valence electrons. The largest absolute Gasteiger partial charge is 0.496 e. The highest BCUT2D eigenvalue weighted by Crippen LogP contribution is 2.40. The van der Waals surface area contributed by atoms with Crippen molar-refractivity contribution in [2.45, 2.75) is 44.2 Å². The van der Waals surface area contributed by atoms with Crippen molar-refractivity contribution in [3.63, 3.8) is 0 Å². The van der Waals surface area contributed by atoms with Crippen LogP contribution in [0, 0.1) is 0 Å². The van der Waals surface area contributed by atoms with Crippen LogP contribution in [0.1, 0.15) is 32.3 Å². The normalized spacial score (nSPS) is 20.0. The highest BCUT2D eigenvalue weighted by Gasteiger charge is 2.37. The second kappa shape index (κ2) is 8.34. The highest BCUT2D eigenvalue weighted by molar-refractivity contribution is 6.30. The molecule has 2 atom stereocenters. The van der Waals surface area contributed by atoms with E-state index in [0.717, 1.165) is 43.4 Å². The molecule has 1 aliphatic heterocycles. The molecule has 0 bridgehead atoms. The first-order valence-corrected chi connectivity index (χ1v) is 8.58. The van der Waals surface area contributed by atoms with E-state index in [0.29, 0.717) is 0 Å². The van der Waals surface area contributed by atoms with Gasteiger partial charge in [-0.3, -0.25) is 0 Å². The number of hydrogen-bond donors (Lipinski definition) is 1. The van der Waals surface area contributed by atoms with Crippen LogP contribution in [0.15, 0.2) is 18.2 Å². The molecule has 2 rings (SSSR count). The van der Waals surface area contributed by atoms with E-state index in [1.807, 2.05) is 18.2 Å². The molecular weight excluding hydrogens is 314 g/mol. The fourth-order valence-corrected chi connectivity index (χ4v) is 3.30. The summed E-state index contributed by atoms with van der Waals surface area (Å²) >= 11 is 6.26. The maximum atomic E-state index is 6.26. The number of methoxy groups -OCH3 is 2. The van der Waals surface area contributed by atoms with Crippen LogP contribution < -0.4 is 10.1 Å². The number of ether oxygens (including phenoxy) is 3. The fourth-order valence-electron chi connectivity index (χ4n) is 3.12. The first-order valence-electron chi connectivity index (χ1n) is 8.20. The molecule has 1 heterocycles. The van der Waals surface area contributed by atoms with Crippen molar-refractivity contribution in [1.29, 1.82) is 0 Å². The van der Waals surface area contributed by atoms with Crippen LogP contribution in [0.3, 0.4) is 0 Å². The third-order valence-corrected chi connectivity index (χ3v) is 5.26. The molecule has 1 aromatic carbocycles. The quantitative estimate of drug-likeness (QED) is 0.825. The topological polar surface area (TPSA) is 39.7 Å². The van der Waals surface area contributed by atoms with Crippen LogP contribution in [0.25, 0.3) is 0 Å². The molecule has 0 unspecified atom stereocenters. The van der Waals surface area contributed by atoms with Gasteiger partial charge in [-0.15, -0.1) is 0 Å². The van der Waals surface area contributed by atoms with Gasteiger partial charge in [-0.05, 0) is 44.9 Å². The van der Waals surface area contributed by atoms with Gasteiger partial charge in [0.1, 0.15) is 5.75 Å². The summed E-state index contributed by atoms with van der Waals surface area (Å²) in [6.45, 7) is 6.59. The third kappa shape index (κ3) is 4.38. The van der Waals surface area contributed by atoms with Crippen molar-refractivity contribution >= 4 is 11.6 Å². The van der Waals surface area contributed by atoms with Crippen LogP contribution in [-0.4, -0.2) is 46.1 Å². The lowest BCUT2D eigenvalue weighted by atomic mass is 9.73. The van der Waals surface area contributed by atoms with Gasteiger partial charge in [0.15, 0.2) is 0 Å². The number of rotatable bonds is 7. The zero-order chi connectivity index (χ0) is 16.9. The van der Waals surface area contributed by atoms with Crippen LogP contribution in [-0.2, 0) is 14.9 Å². The van der Waals surface area contributed by atoms with Gasteiger partial charge in [-0.2, -0.15) is 0 Å². The van der Waals surface area contributed by atoms with Crippen molar-refractivity contribution in [2.24, 2.45) is 0 Å². The summed E-state index contributed by atoms with van der Waals surface area (Å²) < 4.78 is 16.6. The van der Waals surface area contributed by atoms with Crippen molar-refractivity contribution in [2.75, 3.05) is 34.0 Å². The van der Waals surface area contributed by atoms with E-state index in [-0.39, 0.29) is 17.6 Å². The number of benzene rings is 1. The van der Waals surface area contributed by atoms with E-state index in [2.05, 4.69) is 19.2 Å². The lowest BCUT2D eigenvalue weighted by molar-refractivity contribution is 0.0421. The molecule has 0 spiro atoms. The van der Waals surface area contributed by atoms with Crippen molar-refractivity contribution in [1.82, 2.24) is 5.32 Å². The molecule has 0 aromatic heterocycles. The van der Waals surface area contributed by atoms with Crippen molar-refractivity contribution < 1.29 is 14.2 Å². The minimum Gasteiger partial charge on any atom is -0.496 e. The molecule has 1 N–H and O–H groups in total. The summed E-state index contributed by atoms with van der Waals surface area (Å²) in [5, 5.41) is 4.37. The monoisotopic (exact) mass is 341 g/mol. The Kier molecular flexibility index (Phi) is 6.72. The average molecular weight is 342 g/mol. The van der Waals surface area contributed by atoms with E-state index < -0.39 is 0 Å². The molecule has 0 aliphatic carbocycles. The summed E-state index contributed by atoms with van der Waals surface area (Å²) in [6, 6.07) is 6.14. The Labute approximate surface area is 144 Å². The number of nitrogens with one attached hydrogen (secondary N) is 1. The van der Waals surface area contributed by atoms with Gasteiger partial charge >= 0.3 is 0 Å². The lowest BCUT2D eigenvalue weighted by Gasteiger charge is -2.40. The Bertz CT molecular complexity index is 503. The van der Waals surface area contributed by atoms with Crippen LogP contribution in [0.4, 0.5) is 0 Å². The highest BCUT2D eigenvalue weighted by atomic mass is 35.5. The molecule has 1 saturated heterocycles. The Morgan fingerprint density at radius 2 is 1.96 bits per heavy atom. The molecule has 5 heteroatoms. The Morgan fingerprint density at radius 3 is 2.57 bits per heavy atom. The van der Waals surface area contributed by atoms with Crippen molar-refractivity contribution in [3.8, 4) is 5.75 Å². The molecule has 0 amide bonds. The van der Waals surface area contributed by atoms with Crippen molar-refractivity contribution in [3.05, 3.63) is 28.8 Å². The summed E-state index contributed by atoms with van der Waals surface area (Å²) in [6.07, 6.45) is 2.06. The second-order valence-electron chi connectivity index (χ2n) is 6.35. The first kappa shape index (κ1) is 18.5. The predicted octanol–water partition coefficient (Wildman–Crippen LogP) is 3.41. The summed E-state index contributed by atoms with van der Waals surface area (Å²) in [5.41, 5.74) is 1.14. The molecule has 4 nitrogen and oxygen atoms in total. The summed E-state index contributed by atoms with van der Waals surface area (Å²) in [5.74, 6) is 0.894. The van der Waals surface area contributed by atoms with Gasteiger partial charge in [0.05, 0.1) is 13.2 Å². The standard InChI is InChI=1S/C18H28ClNO3/c1-13(14(2)21-3)20-12-18(7-9-23-10-8-18)16-11-15(19)5-6-17(16)22-4/h5-6,11,13-14,20H,7-10,12H2,1-4H3/t13-,14+/m1/s1. The lowest BCUT2D eigenvalue weighted by Crippen LogP contribution is -2.48. The van der Waals surface area contributed by atoms with Gasteiger partial charge in [-0.1, -0.05) is 11.6 Å². The van der Waals surface area contributed by atoms with Crippen LogP contribution >= 0.6 is 11.6 Å². The second-order valence-corrected chi connectivity index (χ2v) is 6.78. The Hall–Kier alpha value is -0.810. The molecule has 1 fully saturated rings. The van der Waals surface area contributed by atoms with Gasteiger partial charge in [0.2, 0.25) is 0 Å². The van der Waals surface area contributed by atoms with E-state index >= 15 is 0 Å². The maximum absolute atomic E-state index is 6.26. The van der Waals surface area contributed by atoms with Gasteiger partial charge in [-0.25, -0.2) is 0 Å². The van der Waals surface area contributed by atoms with Crippen LogP contribution in [0.2, 0.25) is 5.02 Å². The van der Waals surface area contributed by atoms with Gasteiger partial charge in [0, 0.05) is 48.9 Å². The van der Waals surface area contributed by atoms with Gasteiger partial charge in [0.25, 0.3) is 0 Å². The molecule has 0 radical (unpaired) electrons. The fraction of sp³-hybridized carbons (Fsp3) is 0.667. The zero-order valence-corrected chi connectivity index (χ0v) is 15.3. The van der Waals surface area contributed by atoms with Crippen LogP contribution in [0.5, 0.6) is 5.75 Å².